The molecule has 0 aliphatic carbocycles. The first-order valence-corrected chi connectivity index (χ1v) is 19.1. The maximum absolute atomic E-state index is 12.6. The van der Waals surface area contributed by atoms with Crippen LogP contribution in [0.4, 0.5) is 48.5 Å². The van der Waals surface area contributed by atoms with E-state index < -0.39 is 0 Å². The van der Waals surface area contributed by atoms with Crippen molar-refractivity contribution in [3.63, 3.8) is 0 Å². The summed E-state index contributed by atoms with van der Waals surface area (Å²) in [5, 5.41) is 17.0. The number of urea groups is 3. The SMILES string of the molecule is O=C(Nc1ccccc1)Nc1cccc(OCc2cc(COc3cccc(NC(=O)Nc4ccccc4)c3)cc(COc3cccc(NC(=O)Nc4ccccc4)c3)c2)c1. The van der Waals surface area contributed by atoms with Crippen molar-refractivity contribution >= 4 is 52.2 Å². The fourth-order valence-corrected chi connectivity index (χ4v) is 6.03. The first-order valence-electron chi connectivity index (χ1n) is 19.1. The van der Waals surface area contributed by atoms with E-state index in [2.05, 4.69) is 31.9 Å². The van der Waals surface area contributed by atoms with E-state index in [1.54, 1.807) is 54.6 Å². The van der Waals surface area contributed by atoms with Gasteiger partial charge in [0, 0.05) is 52.3 Å². The quantitative estimate of drug-likeness (QED) is 0.0608. The summed E-state index contributed by atoms with van der Waals surface area (Å²) in [7, 11) is 0. The molecule has 60 heavy (non-hydrogen) atoms. The van der Waals surface area contributed by atoms with Crippen LogP contribution in [0.1, 0.15) is 16.7 Å². The van der Waals surface area contributed by atoms with E-state index >= 15 is 0 Å². The molecule has 0 spiro atoms. The fraction of sp³-hybridized carbons (Fsp3) is 0.0625. The average Bonchev–Trinajstić information content (AvgIpc) is 3.25. The normalized spacial score (nSPS) is 10.4. The molecule has 0 atom stereocenters. The number of hydrogen-bond acceptors (Lipinski definition) is 6. The summed E-state index contributed by atoms with van der Waals surface area (Å²) >= 11 is 0. The number of amides is 6. The van der Waals surface area contributed by atoms with Gasteiger partial charge in [-0.2, -0.15) is 0 Å². The number of carbonyl (C=O) groups excluding carboxylic acids is 3. The van der Waals surface area contributed by atoms with Crippen molar-refractivity contribution in [1.82, 2.24) is 0 Å². The highest BCUT2D eigenvalue weighted by molar-refractivity contribution is 6.01. The van der Waals surface area contributed by atoms with Gasteiger partial charge in [0.1, 0.15) is 37.1 Å². The molecule has 0 saturated carbocycles. The highest BCUT2D eigenvalue weighted by Crippen LogP contribution is 2.24. The van der Waals surface area contributed by atoms with Crippen LogP contribution in [0.15, 0.2) is 182 Å². The van der Waals surface area contributed by atoms with Gasteiger partial charge < -0.3 is 46.1 Å². The minimum absolute atomic E-state index is 0.215. The van der Waals surface area contributed by atoms with Gasteiger partial charge in [-0.05, 0) is 108 Å². The van der Waals surface area contributed by atoms with Gasteiger partial charge in [-0.25, -0.2) is 14.4 Å². The Hall–Kier alpha value is -8.25. The summed E-state index contributed by atoms with van der Waals surface area (Å²) in [6.45, 7) is 0.644. The summed E-state index contributed by atoms with van der Waals surface area (Å²) in [6, 6.07) is 53.9. The molecular formula is C48H42N6O6. The zero-order valence-corrected chi connectivity index (χ0v) is 32.4. The number of para-hydroxylation sites is 3. The number of hydrogen-bond donors (Lipinski definition) is 6. The van der Waals surface area contributed by atoms with Crippen molar-refractivity contribution in [2.45, 2.75) is 19.8 Å². The van der Waals surface area contributed by atoms with Crippen LogP contribution in [-0.2, 0) is 19.8 Å². The van der Waals surface area contributed by atoms with Gasteiger partial charge in [-0.15, -0.1) is 0 Å². The lowest BCUT2D eigenvalue weighted by Gasteiger charge is -2.15. The van der Waals surface area contributed by atoms with Gasteiger partial charge >= 0.3 is 18.1 Å². The van der Waals surface area contributed by atoms with Gasteiger partial charge in [0.15, 0.2) is 0 Å². The Morgan fingerprint density at radius 3 is 0.833 bits per heavy atom. The molecule has 0 fully saturated rings. The zero-order valence-electron chi connectivity index (χ0n) is 32.4. The minimum Gasteiger partial charge on any atom is -0.489 e. The largest absolute Gasteiger partial charge is 0.489 e. The Kier molecular flexibility index (Phi) is 13.5. The number of nitrogens with one attached hydrogen (secondary N) is 6. The van der Waals surface area contributed by atoms with Crippen LogP contribution in [0.3, 0.4) is 0 Å². The highest BCUT2D eigenvalue weighted by Gasteiger charge is 2.10. The fourth-order valence-electron chi connectivity index (χ4n) is 6.03. The predicted molar refractivity (Wildman–Crippen MR) is 236 cm³/mol. The second-order valence-electron chi connectivity index (χ2n) is 13.4. The molecule has 7 aromatic carbocycles. The molecule has 0 bridgehead atoms. The highest BCUT2D eigenvalue weighted by atomic mass is 16.5. The monoisotopic (exact) mass is 798 g/mol. The van der Waals surface area contributed by atoms with Crippen LogP contribution >= 0.6 is 0 Å². The molecular weight excluding hydrogens is 757 g/mol. The Labute approximate surface area is 347 Å². The van der Waals surface area contributed by atoms with Crippen LogP contribution in [0.25, 0.3) is 0 Å². The third-order valence-corrected chi connectivity index (χ3v) is 8.70. The molecule has 0 radical (unpaired) electrons. The lowest BCUT2D eigenvalue weighted by molar-refractivity contribution is 0.261. The molecule has 12 nitrogen and oxygen atoms in total. The molecule has 0 heterocycles. The van der Waals surface area contributed by atoms with E-state index in [9.17, 15) is 14.4 Å². The van der Waals surface area contributed by atoms with E-state index in [1.807, 2.05) is 127 Å². The van der Waals surface area contributed by atoms with Crippen molar-refractivity contribution in [1.29, 1.82) is 0 Å². The first kappa shape index (κ1) is 40.0. The number of rotatable bonds is 15. The van der Waals surface area contributed by atoms with Crippen LogP contribution in [0.5, 0.6) is 17.2 Å². The maximum Gasteiger partial charge on any atom is 0.323 e. The number of anilines is 6. The van der Waals surface area contributed by atoms with Crippen molar-refractivity contribution in [2.75, 3.05) is 31.9 Å². The lowest BCUT2D eigenvalue weighted by Crippen LogP contribution is -2.19. The first-order chi connectivity index (χ1) is 29.4. The molecule has 0 unspecified atom stereocenters. The van der Waals surface area contributed by atoms with Crippen LogP contribution in [0, 0.1) is 0 Å². The topological polar surface area (TPSA) is 151 Å². The Balaban J connectivity index is 1.02. The molecule has 12 heteroatoms. The van der Waals surface area contributed by atoms with E-state index in [1.165, 1.54) is 0 Å². The molecule has 0 aliphatic rings. The molecule has 0 aliphatic heterocycles. The number of carbonyl (C=O) groups is 3. The predicted octanol–water partition coefficient (Wildman–Crippen LogP) is 11.4. The number of ether oxygens (including phenoxy) is 3. The molecule has 6 amide bonds. The van der Waals surface area contributed by atoms with Crippen molar-refractivity contribution < 1.29 is 28.6 Å². The molecule has 6 N–H and O–H groups in total. The maximum atomic E-state index is 12.6. The summed E-state index contributed by atoms with van der Waals surface area (Å²) in [6.07, 6.45) is 0. The Morgan fingerprint density at radius 1 is 0.300 bits per heavy atom. The Morgan fingerprint density at radius 2 is 0.550 bits per heavy atom. The second-order valence-corrected chi connectivity index (χ2v) is 13.4. The molecule has 0 aromatic heterocycles. The van der Waals surface area contributed by atoms with Gasteiger partial charge in [0.05, 0.1) is 0 Å². The lowest BCUT2D eigenvalue weighted by atomic mass is 10.1. The van der Waals surface area contributed by atoms with Crippen molar-refractivity contribution in [3.05, 3.63) is 199 Å². The smallest absolute Gasteiger partial charge is 0.323 e. The van der Waals surface area contributed by atoms with Gasteiger partial charge in [-0.1, -0.05) is 72.8 Å². The van der Waals surface area contributed by atoms with E-state index in [0.29, 0.717) is 51.4 Å². The van der Waals surface area contributed by atoms with Gasteiger partial charge in [-0.3, -0.25) is 0 Å². The molecule has 7 aromatic rings. The van der Waals surface area contributed by atoms with Crippen molar-refractivity contribution in [2.24, 2.45) is 0 Å². The third kappa shape index (κ3) is 12.6. The Bertz CT molecular complexity index is 2230. The van der Waals surface area contributed by atoms with Crippen LogP contribution < -0.4 is 46.1 Å². The molecule has 300 valence electrons. The summed E-state index contributed by atoms with van der Waals surface area (Å²) < 4.78 is 18.6. The summed E-state index contributed by atoms with van der Waals surface area (Å²) in [4.78, 5) is 37.8. The van der Waals surface area contributed by atoms with Gasteiger partial charge in [0.25, 0.3) is 0 Å². The van der Waals surface area contributed by atoms with E-state index in [-0.39, 0.29) is 37.9 Å². The van der Waals surface area contributed by atoms with E-state index in [4.69, 9.17) is 14.2 Å². The minimum atomic E-state index is -0.371. The third-order valence-electron chi connectivity index (χ3n) is 8.70. The molecule has 7 rings (SSSR count). The standard InChI is InChI=1S/C48H42N6O6/c55-46(49-37-13-4-1-5-14-37)52-40-19-10-22-43(28-40)58-31-34-25-35(32-59-44-23-11-20-41(29-44)53-47(56)50-38-15-6-2-7-16-38)27-36(26-34)33-60-45-24-12-21-42(30-45)54-48(57)51-39-17-8-3-9-18-39/h1-30H,31-33H2,(H2,49,52,55)(H2,50,53,56)(H2,51,54,57). The molecule has 0 saturated heterocycles. The summed E-state index contributed by atoms with van der Waals surface area (Å²) in [5.74, 6) is 1.69. The van der Waals surface area contributed by atoms with E-state index in [0.717, 1.165) is 16.7 Å². The summed E-state index contributed by atoms with van der Waals surface area (Å²) in [5.41, 5.74) is 6.32. The van der Waals surface area contributed by atoms with Crippen LogP contribution in [-0.4, -0.2) is 18.1 Å². The van der Waals surface area contributed by atoms with Crippen LogP contribution in [0.2, 0.25) is 0 Å². The zero-order chi connectivity index (χ0) is 41.4. The number of benzene rings is 7. The van der Waals surface area contributed by atoms with Gasteiger partial charge in [0.2, 0.25) is 0 Å². The second kappa shape index (κ2) is 20.3. The van der Waals surface area contributed by atoms with Crippen molar-refractivity contribution in [3.8, 4) is 17.2 Å². The average molecular weight is 799 g/mol.